The minimum Gasteiger partial charge on any atom is -0.378 e. The monoisotopic (exact) mass is 403 g/mol. The second kappa shape index (κ2) is 9.21. The zero-order chi connectivity index (χ0) is 20.9. The lowest BCUT2D eigenvalue weighted by Crippen LogP contribution is -2.25. The molecule has 2 rings (SSSR count). The molecule has 0 aromatic heterocycles. The molecule has 2 aromatic carbocycles. The Hall–Kier alpha value is -2.38. The molecule has 2 N–H and O–H groups in total. The third-order valence-electron chi connectivity index (χ3n) is 4.50. The summed E-state index contributed by atoms with van der Waals surface area (Å²) in [6.07, 6.45) is 1.51. The number of anilines is 2. The molecule has 0 unspecified atom stereocenters. The van der Waals surface area contributed by atoms with Crippen LogP contribution in [0.5, 0.6) is 0 Å². The molecule has 0 saturated heterocycles. The molecule has 0 atom stereocenters. The fourth-order valence-corrected chi connectivity index (χ4v) is 4.24. The first kappa shape index (κ1) is 21.9. The van der Waals surface area contributed by atoms with E-state index in [1.54, 1.807) is 26.0 Å². The largest absolute Gasteiger partial charge is 0.378 e. The lowest BCUT2D eigenvalue weighted by Gasteiger charge is -2.14. The zero-order valence-corrected chi connectivity index (χ0v) is 18.0. The summed E-state index contributed by atoms with van der Waals surface area (Å²) in [6, 6.07) is 11.4. The second-order valence-electron chi connectivity index (χ2n) is 7.18. The van der Waals surface area contributed by atoms with Crippen molar-refractivity contribution in [3.8, 4) is 0 Å². The molecule has 0 saturated carbocycles. The molecular formula is C21H29N3O3S. The molecule has 7 heteroatoms. The predicted octanol–water partition coefficient (Wildman–Crippen LogP) is 3.24. The Morgan fingerprint density at radius 2 is 1.61 bits per heavy atom. The first-order valence-electron chi connectivity index (χ1n) is 9.25. The molecule has 0 heterocycles. The normalized spacial score (nSPS) is 11.3. The van der Waals surface area contributed by atoms with Crippen LogP contribution in [0.25, 0.3) is 0 Å². The number of aryl methyl sites for hydroxylation is 3. The highest BCUT2D eigenvalue weighted by atomic mass is 32.2. The SMILES string of the molecule is CC(=O)Nc1c(C)cc(S(=O)(=O)NCCCc2ccc(N(C)C)cc2)cc1C. The molecule has 152 valence electrons. The van der Waals surface area contributed by atoms with E-state index in [-0.39, 0.29) is 10.8 Å². The summed E-state index contributed by atoms with van der Waals surface area (Å²) < 4.78 is 27.9. The predicted molar refractivity (Wildman–Crippen MR) is 114 cm³/mol. The fourth-order valence-electron chi connectivity index (χ4n) is 3.00. The van der Waals surface area contributed by atoms with Gasteiger partial charge in [-0.1, -0.05) is 12.1 Å². The number of amides is 1. The number of nitrogens with one attached hydrogen (secondary N) is 2. The molecule has 0 bridgehead atoms. The molecule has 0 aliphatic carbocycles. The van der Waals surface area contributed by atoms with Crippen molar-refractivity contribution in [1.29, 1.82) is 0 Å². The van der Waals surface area contributed by atoms with Crippen molar-refractivity contribution >= 4 is 27.3 Å². The van der Waals surface area contributed by atoms with Gasteiger partial charge in [0.05, 0.1) is 4.90 Å². The maximum atomic E-state index is 12.6. The van der Waals surface area contributed by atoms with Gasteiger partial charge in [-0.3, -0.25) is 4.79 Å². The Balaban J connectivity index is 1.97. The van der Waals surface area contributed by atoms with Gasteiger partial charge in [-0.2, -0.15) is 0 Å². The van der Waals surface area contributed by atoms with Crippen molar-refractivity contribution in [3.05, 3.63) is 53.1 Å². The molecule has 1 amide bonds. The van der Waals surface area contributed by atoms with E-state index in [4.69, 9.17) is 0 Å². The van der Waals surface area contributed by atoms with Crippen LogP contribution >= 0.6 is 0 Å². The molecule has 0 spiro atoms. The van der Waals surface area contributed by atoms with E-state index in [9.17, 15) is 13.2 Å². The van der Waals surface area contributed by atoms with Crippen molar-refractivity contribution in [2.75, 3.05) is 30.9 Å². The summed E-state index contributed by atoms with van der Waals surface area (Å²) >= 11 is 0. The minimum absolute atomic E-state index is 0.182. The number of sulfonamides is 1. The summed E-state index contributed by atoms with van der Waals surface area (Å²) in [4.78, 5) is 13.6. The van der Waals surface area contributed by atoms with Gasteiger partial charge in [0.15, 0.2) is 0 Å². The Kier molecular flexibility index (Phi) is 7.21. The van der Waals surface area contributed by atoms with Crippen molar-refractivity contribution < 1.29 is 13.2 Å². The average Bonchev–Trinajstić information content (AvgIpc) is 2.62. The number of carbonyl (C=O) groups excluding carboxylic acids is 1. The third kappa shape index (κ3) is 5.81. The molecular weight excluding hydrogens is 374 g/mol. The lowest BCUT2D eigenvalue weighted by atomic mass is 10.1. The van der Waals surface area contributed by atoms with Crippen molar-refractivity contribution in [1.82, 2.24) is 4.72 Å². The second-order valence-corrected chi connectivity index (χ2v) is 8.94. The van der Waals surface area contributed by atoms with Crippen LogP contribution in [0.4, 0.5) is 11.4 Å². The number of hydrogen-bond acceptors (Lipinski definition) is 4. The van der Waals surface area contributed by atoms with E-state index in [2.05, 4.69) is 34.3 Å². The van der Waals surface area contributed by atoms with Crippen LogP contribution in [0.2, 0.25) is 0 Å². The number of hydrogen-bond donors (Lipinski definition) is 2. The van der Waals surface area contributed by atoms with E-state index in [1.807, 2.05) is 19.0 Å². The topological polar surface area (TPSA) is 78.5 Å². The van der Waals surface area contributed by atoms with Crippen LogP contribution in [0.3, 0.4) is 0 Å². The highest BCUT2D eigenvalue weighted by Crippen LogP contribution is 2.24. The minimum atomic E-state index is -3.59. The van der Waals surface area contributed by atoms with Gasteiger partial charge in [-0.05, 0) is 67.6 Å². The van der Waals surface area contributed by atoms with Gasteiger partial charge >= 0.3 is 0 Å². The van der Waals surface area contributed by atoms with Gasteiger partial charge in [0.1, 0.15) is 0 Å². The van der Waals surface area contributed by atoms with E-state index >= 15 is 0 Å². The van der Waals surface area contributed by atoms with Crippen molar-refractivity contribution in [2.24, 2.45) is 0 Å². The Bertz CT molecular complexity index is 913. The molecule has 0 radical (unpaired) electrons. The summed E-state index contributed by atoms with van der Waals surface area (Å²) in [5.74, 6) is -0.182. The Morgan fingerprint density at radius 3 is 2.11 bits per heavy atom. The highest BCUT2D eigenvalue weighted by molar-refractivity contribution is 7.89. The average molecular weight is 404 g/mol. The van der Waals surface area contributed by atoms with Gasteiger partial charge in [0.2, 0.25) is 15.9 Å². The van der Waals surface area contributed by atoms with Crippen LogP contribution in [0.15, 0.2) is 41.3 Å². The molecule has 0 aliphatic rings. The quantitative estimate of drug-likeness (QED) is 0.663. The standard InChI is InChI=1S/C21H29N3O3S/c1-15-13-20(14-16(2)21(15)23-17(3)25)28(26,27)22-12-6-7-18-8-10-19(11-9-18)24(4)5/h8-11,13-14,22H,6-7,12H2,1-5H3,(H,23,25). The van der Waals surface area contributed by atoms with Crippen molar-refractivity contribution in [2.45, 2.75) is 38.5 Å². The van der Waals surface area contributed by atoms with Crippen LogP contribution in [0, 0.1) is 13.8 Å². The van der Waals surface area contributed by atoms with E-state index in [0.29, 0.717) is 18.7 Å². The number of rotatable bonds is 8. The molecule has 0 aliphatic heterocycles. The first-order chi connectivity index (χ1) is 13.1. The van der Waals surface area contributed by atoms with Crippen LogP contribution in [0.1, 0.15) is 30.0 Å². The van der Waals surface area contributed by atoms with Gasteiger partial charge in [0.25, 0.3) is 0 Å². The molecule has 6 nitrogen and oxygen atoms in total. The fraction of sp³-hybridized carbons (Fsp3) is 0.381. The maximum Gasteiger partial charge on any atom is 0.240 e. The van der Waals surface area contributed by atoms with Gasteiger partial charge < -0.3 is 10.2 Å². The lowest BCUT2D eigenvalue weighted by molar-refractivity contribution is -0.114. The van der Waals surface area contributed by atoms with Crippen LogP contribution < -0.4 is 14.9 Å². The van der Waals surface area contributed by atoms with Gasteiger partial charge in [0, 0.05) is 38.9 Å². The van der Waals surface area contributed by atoms with E-state index in [1.165, 1.54) is 12.5 Å². The molecule has 28 heavy (non-hydrogen) atoms. The number of carbonyl (C=O) groups is 1. The summed E-state index contributed by atoms with van der Waals surface area (Å²) in [7, 11) is 0.400. The highest BCUT2D eigenvalue weighted by Gasteiger charge is 2.17. The van der Waals surface area contributed by atoms with Crippen LogP contribution in [-0.4, -0.2) is 35.0 Å². The smallest absolute Gasteiger partial charge is 0.240 e. The van der Waals surface area contributed by atoms with Gasteiger partial charge in [-0.25, -0.2) is 13.1 Å². The maximum absolute atomic E-state index is 12.6. The van der Waals surface area contributed by atoms with E-state index < -0.39 is 10.0 Å². The van der Waals surface area contributed by atoms with Gasteiger partial charge in [-0.15, -0.1) is 0 Å². The number of nitrogens with zero attached hydrogens (tertiary/aromatic N) is 1. The van der Waals surface area contributed by atoms with Crippen LogP contribution in [-0.2, 0) is 21.2 Å². The summed E-state index contributed by atoms with van der Waals surface area (Å²) in [5.41, 5.74) is 4.41. The first-order valence-corrected chi connectivity index (χ1v) is 10.7. The summed E-state index contributed by atoms with van der Waals surface area (Å²) in [6.45, 7) is 5.37. The van der Waals surface area contributed by atoms with Crippen molar-refractivity contribution in [3.63, 3.8) is 0 Å². The van der Waals surface area contributed by atoms with E-state index in [0.717, 1.165) is 23.2 Å². The summed E-state index contributed by atoms with van der Waals surface area (Å²) in [5, 5.41) is 2.74. The zero-order valence-electron chi connectivity index (χ0n) is 17.2. The Labute approximate surface area is 168 Å². The molecule has 2 aromatic rings. The third-order valence-corrected chi connectivity index (χ3v) is 5.95. The number of benzene rings is 2. The molecule has 0 fully saturated rings. The Morgan fingerprint density at radius 1 is 1.04 bits per heavy atom.